The van der Waals surface area contributed by atoms with Gasteiger partial charge in [-0.05, 0) is 0 Å². The molecule has 0 saturated heterocycles. The topological polar surface area (TPSA) is 65.0 Å². The first-order valence-corrected chi connectivity index (χ1v) is 3.12. The van der Waals surface area contributed by atoms with E-state index < -0.39 is 11.9 Å². The lowest BCUT2D eigenvalue weighted by atomic mass is 10.4. The predicted molar refractivity (Wildman–Crippen MR) is 41.4 cm³/mol. The van der Waals surface area contributed by atoms with Gasteiger partial charge in [-0.1, -0.05) is 11.2 Å². The molecule has 5 heteroatoms. The average Bonchev–Trinajstić information content (AvgIpc) is 2.04. The number of hydrogen-bond donors (Lipinski definition) is 0. The Morgan fingerprint density at radius 2 is 2.25 bits per heavy atom. The maximum Gasteiger partial charge on any atom is 0.352 e. The average molecular weight is 171 g/mol. The molecule has 0 radical (unpaired) electrons. The molecule has 0 N–H and O–H groups in total. The number of carbonyl (C=O) groups excluding carboxylic acids is 2. The standard InChI is InChI=1S/C7H9NO4/c1-3-4-6(9)12-8-5-7(10)11-2/h3,5H,1,4H2,2H3/b8-5+. The second-order valence-electron chi connectivity index (χ2n) is 1.71. The van der Waals surface area contributed by atoms with Gasteiger partial charge in [-0.15, -0.1) is 6.58 Å². The van der Waals surface area contributed by atoms with Gasteiger partial charge in [0.05, 0.1) is 13.5 Å². The van der Waals surface area contributed by atoms with Crippen molar-refractivity contribution in [3.05, 3.63) is 12.7 Å². The number of methoxy groups -OCH3 is 1. The molecular formula is C7H9NO4. The second-order valence-corrected chi connectivity index (χ2v) is 1.71. The quantitative estimate of drug-likeness (QED) is 0.200. The molecule has 0 fully saturated rings. The summed E-state index contributed by atoms with van der Waals surface area (Å²) in [6.07, 6.45) is 2.19. The van der Waals surface area contributed by atoms with Crippen LogP contribution in [0.1, 0.15) is 6.42 Å². The van der Waals surface area contributed by atoms with E-state index in [2.05, 4.69) is 21.3 Å². The lowest BCUT2D eigenvalue weighted by Gasteiger charge is -1.91. The molecule has 0 saturated carbocycles. The Morgan fingerprint density at radius 1 is 1.58 bits per heavy atom. The predicted octanol–water partition coefficient (Wildman–Crippen LogP) is 0.264. The minimum Gasteiger partial charge on any atom is -0.465 e. The molecule has 0 heterocycles. The number of ether oxygens (including phenoxy) is 1. The van der Waals surface area contributed by atoms with Crippen LogP contribution in [0.5, 0.6) is 0 Å². The molecule has 0 aromatic carbocycles. The van der Waals surface area contributed by atoms with E-state index in [1.54, 1.807) is 0 Å². The molecule has 0 amide bonds. The van der Waals surface area contributed by atoms with Crippen LogP contribution in [0.15, 0.2) is 17.8 Å². The van der Waals surface area contributed by atoms with Crippen molar-refractivity contribution >= 4 is 18.2 Å². The Kier molecular flexibility index (Phi) is 5.25. The second kappa shape index (κ2) is 6.09. The molecule has 5 nitrogen and oxygen atoms in total. The van der Waals surface area contributed by atoms with Crippen LogP contribution in [-0.2, 0) is 19.2 Å². The van der Waals surface area contributed by atoms with Crippen molar-refractivity contribution in [2.24, 2.45) is 5.16 Å². The lowest BCUT2D eigenvalue weighted by Crippen LogP contribution is -2.03. The molecule has 0 unspecified atom stereocenters. The zero-order valence-corrected chi connectivity index (χ0v) is 6.65. The van der Waals surface area contributed by atoms with Gasteiger partial charge in [0, 0.05) is 0 Å². The van der Waals surface area contributed by atoms with E-state index in [1.165, 1.54) is 13.2 Å². The van der Waals surface area contributed by atoms with E-state index in [9.17, 15) is 9.59 Å². The summed E-state index contributed by atoms with van der Waals surface area (Å²) >= 11 is 0. The van der Waals surface area contributed by atoms with Gasteiger partial charge in [-0.25, -0.2) is 9.59 Å². The minimum atomic E-state index is -0.679. The van der Waals surface area contributed by atoms with Gasteiger partial charge >= 0.3 is 11.9 Å². The van der Waals surface area contributed by atoms with Crippen molar-refractivity contribution in [1.82, 2.24) is 0 Å². The van der Waals surface area contributed by atoms with Gasteiger partial charge < -0.3 is 9.57 Å². The summed E-state index contributed by atoms with van der Waals surface area (Å²) in [6.45, 7) is 3.32. The fraction of sp³-hybridized carbons (Fsp3) is 0.286. The van der Waals surface area contributed by atoms with Crippen LogP contribution in [0.25, 0.3) is 0 Å². The number of hydrogen-bond acceptors (Lipinski definition) is 5. The molecule has 0 atom stereocenters. The highest BCUT2D eigenvalue weighted by Gasteiger charge is 1.97. The maximum absolute atomic E-state index is 10.6. The van der Waals surface area contributed by atoms with Crippen molar-refractivity contribution in [3.63, 3.8) is 0 Å². The molecule has 0 aromatic rings. The molecule has 0 aliphatic rings. The first-order valence-electron chi connectivity index (χ1n) is 3.12. The Bertz CT molecular complexity index is 209. The zero-order valence-electron chi connectivity index (χ0n) is 6.65. The first-order chi connectivity index (χ1) is 5.70. The number of carbonyl (C=O) groups is 2. The summed E-state index contributed by atoms with van der Waals surface area (Å²) in [5, 5.41) is 3.06. The van der Waals surface area contributed by atoms with Crippen LogP contribution in [0.4, 0.5) is 0 Å². The van der Waals surface area contributed by atoms with Crippen LogP contribution >= 0.6 is 0 Å². The van der Waals surface area contributed by atoms with Crippen molar-refractivity contribution < 1.29 is 19.2 Å². The van der Waals surface area contributed by atoms with Gasteiger partial charge in [0.1, 0.15) is 0 Å². The zero-order chi connectivity index (χ0) is 9.40. The van der Waals surface area contributed by atoms with E-state index in [0.29, 0.717) is 0 Å². The molecule has 0 bridgehead atoms. The summed E-state index contributed by atoms with van der Waals surface area (Å²) < 4.78 is 4.19. The summed E-state index contributed by atoms with van der Waals surface area (Å²) in [4.78, 5) is 25.1. The van der Waals surface area contributed by atoms with Gasteiger partial charge in [0.15, 0.2) is 6.21 Å². The maximum atomic E-state index is 10.6. The largest absolute Gasteiger partial charge is 0.465 e. The van der Waals surface area contributed by atoms with E-state index in [-0.39, 0.29) is 6.42 Å². The molecule has 0 aromatic heterocycles. The number of esters is 1. The Labute approximate surface area is 69.6 Å². The van der Waals surface area contributed by atoms with E-state index in [0.717, 1.165) is 6.21 Å². The van der Waals surface area contributed by atoms with Crippen LogP contribution in [0.2, 0.25) is 0 Å². The van der Waals surface area contributed by atoms with Gasteiger partial charge in [-0.3, -0.25) is 0 Å². The van der Waals surface area contributed by atoms with E-state index in [4.69, 9.17) is 0 Å². The third kappa shape index (κ3) is 5.16. The molecular weight excluding hydrogens is 162 g/mol. The van der Waals surface area contributed by atoms with Crippen molar-refractivity contribution in [2.75, 3.05) is 7.11 Å². The van der Waals surface area contributed by atoms with Crippen LogP contribution in [0, 0.1) is 0 Å². The van der Waals surface area contributed by atoms with Crippen LogP contribution < -0.4 is 0 Å². The smallest absolute Gasteiger partial charge is 0.352 e. The fourth-order valence-electron chi connectivity index (χ4n) is 0.336. The SMILES string of the molecule is C=CCC(=O)O/N=C/C(=O)OC. The van der Waals surface area contributed by atoms with Crippen molar-refractivity contribution in [2.45, 2.75) is 6.42 Å². The Balaban J connectivity index is 3.66. The summed E-state index contributed by atoms with van der Waals surface area (Å²) in [6, 6.07) is 0. The van der Waals surface area contributed by atoms with Gasteiger partial charge in [0.2, 0.25) is 0 Å². The van der Waals surface area contributed by atoms with Gasteiger partial charge in [0.25, 0.3) is 0 Å². The van der Waals surface area contributed by atoms with E-state index in [1.807, 2.05) is 0 Å². The highest BCUT2D eigenvalue weighted by molar-refractivity contribution is 6.22. The molecule has 0 spiro atoms. The summed E-state index contributed by atoms with van der Waals surface area (Å²) in [7, 11) is 1.19. The minimum absolute atomic E-state index is 0.0541. The summed E-state index contributed by atoms with van der Waals surface area (Å²) in [5.74, 6) is -1.26. The third-order valence-corrected chi connectivity index (χ3v) is 0.825. The number of nitrogens with zero attached hydrogens (tertiary/aromatic N) is 1. The highest BCUT2D eigenvalue weighted by Crippen LogP contribution is 1.86. The molecule has 0 aliphatic heterocycles. The normalized spacial score (nSPS) is 9.42. The molecule has 0 aliphatic carbocycles. The lowest BCUT2D eigenvalue weighted by molar-refractivity contribution is -0.142. The van der Waals surface area contributed by atoms with Gasteiger partial charge in [-0.2, -0.15) is 0 Å². The van der Waals surface area contributed by atoms with Crippen LogP contribution in [-0.4, -0.2) is 25.3 Å². The molecule has 12 heavy (non-hydrogen) atoms. The Hall–Kier alpha value is -1.65. The monoisotopic (exact) mass is 171 g/mol. The molecule has 0 rings (SSSR count). The van der Waals surface area contributed by atoms with Crippen LogP contribution in [0.3, 0.4) is 0 Å². The van der Waals surface area contributed by atoms with E-state index >= 15 is 0 Å². The van der Waals surface area contributed by atoms with Crippen molar-refractivity contribution in [3.8, 4) is 0 Å². The number of rotatable bonds is 4. The third-order valence-electron chi connectivity index (χ3n) is 0.825. The highest BCUT2D eigenvalue weighted by atomic mass is 16.7. The molecule has 66 valence electrons. The number of oxime groups is 1. The first kappa shape index (κ1) is 10.3. The summed E-state index contributed by atoms with van der Waals surface area (Å²) in [5.41, 5.74) is 0. The van der Waals surface area contributed by atoms with Crippen molar-refractivity contribution in [1.29, 1.82) is 0 Å². The Morgan fingerprint density at radius 3 is 2.75 bits per heavy atom. The fourth-order valence-corrected chi connectivity index (χ4v) is 0.336.